The van der Waals surface area contributed by atoms with Gasteiger partial charge >= 0.3 is 0 Å². The van der Waals surface area contributed by atoms with Gasteiger partial charge in [-0.1, -0.05) is 26.7 Å². The van der Waals surface area contributed by atoms with E-state index in [1.165, 1.54) is 51.6 Å². The zero-order chi connectivity index (χ0) is 11.8. The summed E-state index contributed by atoms with van der Waals surface area (Å²) in [6.07, 6.45) is 8.58. The molecule has 1 aliphatic carbocycles. The van der Waals surface area contributed by atoms with E-state index in [-0.39, 0.29) is 0 Å². The molecule has 2 saturated heterocycles. The average molecular weight is 236 g/mol. The Labute approximate surface area is 106 Å². The van der Waals surface area contributed by atoms with Gasteiger partial charge in [-0.2, -0.15) is 0 Å². The van der Waals surface area contributed by atoms with Crippen molar-refractivity contribution < 1.29 is 0 Å². The third-order valence-electron chi connectivity index (χ3n) is 5.69. The molecule has 2 bridgehead atoms. The molecule has 0 aromatic rings. The smallest absolute Gasteiger partial charge is 0.0198 e. The van der Waals surface area contributed by atoms with Crippen LogP contribution < -0.4 is 5.32 Å². The van der Waals surface area contributed by atoms with Crippen molar-refractivity contribution in [3.63, 3.8) is 0 Å². The van der Waals surface area contributed by atoms with Crippen molar-refractivity contribution >= 4 is 0 Å². The van der Waals surface area contributed by atoms with Crippen molar-refractivity contribution in [2.75, 3.05) is 13.1 Å². The first-order valence-corrected chi connectivity index (χ1v) is 7.74. The van der Waals surface area contributed by atoms with E-state index >= 15 is 0 Å². The van der Waals surface area contributed by atoms with Gasteiger partial charge in [0.25, 0.3) is 0 Å². The fourth-order valence-corrected chi connectivity index (χ4v) is 4.34. The molecule has 2 heterocycles. The molecule has 1 N–H and O–H groups in total. The molecule has 2 heteroatoms. The Kier molecular flexibility index (Phi) is 3.45. The molecule has 5 atom stereocenters. The molecule has 0 aromatic heterocycles. The summed E-state index contributed by atoms with van der Waals surface area (Å²) in [6.45, 7) is 7.61. The monoisotopic (exact) mass is 236 g/mol. The maximum absolute atomic E-state index is 3.81. The summed E-state index contributed by atoms with van der Waals surface area (Å²) in [5, 5.41) is 3.81. The minimum absolute atomic E-state index is 0.798. The van der Waals surface area contributed by atoms with Crippen LogP contribution in [0, 0.1) is 11.8 Å². The fraction of sp³-hybridized carbons (Fsp3) is 1.00. The lowest BCUT2D eigenvalue weighted by Gasteiger charge is -2.42. The van der Waals surface area contributed by atoms with Gasteiger partial charge in [-0.05, 0) is 44.1 Å². The van der Waals surface area contributed by atoms with Crippen LogP contribution >= 0.6 is 0 Å². The molecule has 0 radical (unpaired) electrons. The van der Waals surface area contributed by atoms with Crippen molar-refractivity contribution in [1.29, 1.82) is 0 Å². The van der Waals surface area contributed by atoms with E-state index in [1.807, 2.05) is 0 Å². The van der Waals surface area contributed by atoms with Crippen molar-refractivity contribution in [1.82, 2.24) is 10.2 Å². The number of rotatable bonds is 1. The van der Waals surface area contributed by atoms with Crippen LogP contribution in [0.15, 0.2) is 0 Å². The molecule has 1 saturated carbocycles. The third-order valence-corrected chi connectivity index (χ3v) is 5.69. The summed E-state index contributed by atoms with van der Waals surface area (Å²) >= 11 is 0. The molecule has 0 aromatic carbocycles. The number of likely N-dealkylation sites (tertiary alicyclic amines) is 1. The van der Waals surface area contributed by atoms with Crippen molar-refractivity contribution in [3.8, 4) is 0 Å². The summed E-state index contributed by atoms with van der Waals surface area (Å²) < 4.78 is 0. The topological polar surface area (TPSA) is 15.3 Å². The minimum Gasteiger partial charge on any atom is -0.310 e. The van der Waals surface area contributed by atoms with Gasteiger partial charge in [0.15, 0.2) is 0 Å². The van der Waals surface area contributed by atoms with Crippen LogP contribution in [-0.4, -0.2) is 36.1 Å². The lowest BCUT2D eigenvalue weighted by molar-refractivity contribution is 0.0772. The second-order valence-corrected chi connectivity index (χ2v) is 6.76. The lowest BCUT2D eigenvalue weighted by atomic mass is 9.77. The molecule has 17 heavy (non-hydrogen) atoms. The van der Waals surface area contributed by atoms with Gasteiger partial charge in [-0.3, -0.25) is 4.90 Å². The Balaban J connectivity index is 1.66. The van der Waals surface area contributed by atoms with Gasteiger partial charge in [0.05, 0.1) is 0 Å². The normalized spacial score (nSPS) is 48.0. The van der Waals surface area contributed by atoms with E-state index in [0.717, 1.165) is 30.0 Å². The Hall–Kier alpha value is -0.0800. The first kappa shape index (κ1) is 12.0. The van der Waals surface area contributed by atoms with Gasteiger partial charge in [-0.25, -0.2) is 0 Å². The van der Waals surface area contributed by atoms with Gasteiger partial charge in [-0.15, -0.1) is 0 Å². The number of nitrogens with zero attached hydrogens (tertiary/aromatic N) is 1. The van der Waals surface area contributed by atoms with Crippen molar-refractivity contribution in [2.24, 2.45) is 11.8 Å². The zero-order valence-electron chi connectivity index (χ0n) is 11.5. The summed E-state index contributed by atoms with van der Waals surface area (Å²) in [4.78, 5) is 2.83. The Morgan fingerprint density at radius 1 is 0.941 bits per heavy atom. The van der Waals surface area contributed by atoms with Gasteiger partial charge < -0.3 is 5.32 Å². The van der Waals surface area contributed by atoms with Crippen LogP contribution in [0.1, 0.15) is 52.4 Å². The molecular weight excluding hydrogens is 208 g/mol. The first-order chi connectivity index (χ1) is 8.24. The number of hydrogen-bond acceptors (Lipinski definition) is 2. The van der Waals surface area contributed by atoms with Gasteiger partial charge in [0, 0.05) is 24.7 Å². The summed E-state index contributed by atoms with van der Waals surface area (Å²) in [5.41, 5.74) is 0. The second kappa shape index (κ2) is 4.89. The highest BCUT2D eigenvalue weighted by Gasteiger charge is 2.36. The first-order valence-electron chi connectivity index (χ1n) is 7.74. The van der Waals surface area contributed by atoms with Crippen LogP contribution in [0.2, 0.25) is 0 Å². The molecule has 3 aliphatic rings. The van der Waals surface area contributed by atoms with Crippen LogP contribution in [0.4, 0.5) is 0 Å². The van der Waals surface area contributed by atoms with Crippen molar-refractivity contribution in [3.05, 3.63) is 0 Å². The predicted molar refractivity (Wildman–Crippen MR) is 72.1 cm³/mol. The van der Waals surface area contributed by atoms with E-state index in [9.17, 15) is 0 Å². The quantitative estimate of drug-likeness (QED) is 0.753. The largest absolute Gasteiger partial charge is 0.310 e. The molecule has 3 rings (SSSR count). The highest BCUT2D eigenvalue weighted by Crippen LogP contribution is 2.34. The molecule has 0 amide bonds. The maximum atomic E-state index is 3.81. The number of nitrogens with one attached hydrogen (secondary N) is 1. The number of hydrogen-bond donors (Lipinski definition) is 1. The van der Waals surface area contributed by atoms with E-state index in [2.05, 4.69) is 24.1 Å². The molecule has 98 valence electrons. The summed E-state index contributed by atoms with van der Waals surface area (Å²) in [6, 6.07) is 2.51. The molecule has 0 spiro atoms. The van der Waals surface area contributed by atoms with Crippen LogP contribution in [-0.2, 0) is 0 Å². The Bertz CT molecular complexity index is 266. The van der Waals surface area contributed by atoms with E-state index in [0.29, 0.717) is 0 Å². The summed E-state index contributed by atoms with van der Waals surface area (Å²) in [7, 11) is 0. The second-order valence-electron chi connectivity index (χ2n) is 6.76. The fourth-order valence-electron chi connectivity index (χ4n) is 4.34. The van der Waals surface area contributed by atoms with E-state index in [1.54, 1.807) is 0 Å². The Morgan fingerprint density at radius 2 is 1.76 bits per heavy atom. The van der Waals surface area contributed by atoms with Gasteiger partial charge in [0.1, 0.15) is 0 Å². The van der Waals surface area contributed by atoms with E-state index < -0.39 is 0 Å². The SMILES string of the molecule is CC1CCCC(N2CCC3CCC(C2)N3)C1C. The van der Waals surface area contributed by atoms with Crippen LogP contribution in [0.5, 0.6) is 0 Å². The zero-order valence-corrected chi connectivity index (χ0v) is 11.5. The number of fused-ring (bicyclic) bond motifs is 2. The predicted octanol–water partition coefficient (Wildman–Crippen LogP) is 2.64. The molecular formula is C15H28N2. The third kappa shape index (κ3) is 2.39. The Morgan fingerprint density at radius 3 is 2.65 bits per heavy atom. The van der Waals surface area contributed by atoms with E-state index in [4.69, 9.17) is 0 Å². The minimum atomic E-state index is 0.798. The molecule has 2 nitrogen and oxygen atoms in total. The highest BCUT2D eigenvalue weighted by molar-refractivity contribution is 4.93. The standard InChI is InChI=1S/C15H28N2/c1-11-4-3-5-15(12(11)2)17-9-8-13-6-7-14(10-17)16-13/h11-16H,3-10H2,1-2H3. The lowest BCUT2D eigenvalue weighted by Crippen LogP contribution is -2.47. The molecule has 5 unspecified atom stereocenters. The average Bonchev–Trinajstić information content (AvgIpc) is 2.63. The molecule has 2 aliphatic heterocycles. The van der Waals surface area contributed by atoms with Crippen LogP contribution in [0.25, 0.3) is 0 Å². The molecule has 3 fully saturated rings. The highest BCUT2D eigenvalue weighted by atomic mass is 15.2. The summed E-state index contributed by atoms with van der Waals surface area (Å²) in [5.74, 6) is 1.84. The van der Waals surface area contributed by atoms with Crippen LogP contribution in [0.3, 0.4) is 0 Å². The van der Waals surface area contributed by atoms with Gasteiger partial charge in [0.2, 0.25) is 0 Å². The maximum Gasteiger partial charge on any atom is 0.0198 e. The van der Waals surface area contributed by atoms with Crippen molar-refractivity contribution in [2.45, 2.75) is 70.5 Å².